The van der Waals surface area contributed by atoms with Gasteiger partial charge in [0.1, 0.15) is 23.4 Å². The van der Waals surface area contributed by atoms with Gasteiger partial charge in [0.2, 0.25) is 0 Å². The van der Waals surface area contributed by atoms with Gasteiger partial charge in [-0.15, -0.1) is 0 Å². The van der Waals surface area contributed by atoms with E-state index in [0.29, 0.717) is 10.8 Å². The summed E-state index contributed by atoms with van der Waals surface area (Å²) in [4.78, 5) is 22.1. The number of nitrogens with one attached hydrogen (secondary N) is 1. The average Bonchev–Trinajstić information content (AvgIpc) is 2.92. The van der Waals surface area contributed by atoms with E-state index in [0.717, 1.165) is 30.1 Å². The van der Waals surface area contributed by atoms with Crippen molar-refractivity contribution in [2.45, 2.75) is 18.3 Å². The van der Waals surface area contributed by atoms with Crippen LogP contribution in [0.3, 0.4) is 0 Å². The first-order chi connectivity index (χ1) is 7.27. The first-order valence-corrected chi connectivity index (χ1v) is 5.09. The fraction of sp³-hybridized carbons (Fsp3) is 0.300. The van der Waals surface area contributed by atoms with Gasteiger partial charge in [0.05, 0.1) is 10.8 Å². The van der Waals surface area contributed by atoms with Gasteiger partial charge in [-0.05, 0) is 18.4 Å². The Labute approximate surface area is 90.7 Å². The highest BCUT2D eigenvalue weighted by Crippen LogP contribution is 2.49. The fourth-order valence-electron chi connectivity index (χ4n) is 1.90. The molecule has 0 unspecified atom stereocenters. The highest BCUT2D eigenvalue weighted by Gasteiger charge is 2.46. The molecule has 5 heteroatoms. The number of aldehydes is 1. The van der Waals surface area contributed by atoms with Gasteiger partial charge >= 0.3 is 0 Å². The van der Waals surface area contributed by atoms with Crippen molar-refractivity contribution in [3.63, 3.8) is 0 Å². The van der Waals surface area contributed by atoms with E-state index in [4.69, 9.17) is 11.6 Å². The lowest BCUT2D eigenvalue weighted by molar-refractivity contribution is -0.109. The quantitative estimate of drug-likeness (QED) is 0.622. The van der Waals surface area contributed by atoms with Gasteiger partial charge in [-0.25, -0.2) is 9.97 Å². The Morgan fingerprint density at radius 2 is 2.27 bits per heavy atom. The van der Waals surface area contributed by atoms with E-state index in [1.165, 1.54) is 6.33 Å². The maximum Gasteiger partial charge on any atom is 0.142 e. The molecule has 1 aliphatic rings. The number of aromatic amines is 1. The highest BCUT2D eigenvalue weighted by molar-refractivity contribution is 6.34. The molecule has 2 heterocycles. The van der Waals surface area contributed by atoms with Crippen molar-refractivity contribution in [3.8, 4) is 0 Å². The largest absolute Gasteiger partial charge is 0.346 e. The first-order valence-electron chi connectivity index (χ1n) is 4.71. The van der Waals surface area contributed by atoms with Crippen molar-refractivity contribution in [3.05, 3.63) is 23.2 Å². The number of carbonyl (C=O) groups is 1. The number of aromatic nitrogens is 3. The van der Waals surface area contributed by atoms with Crippen molar-refractivity contribution in [1.29, 1.82) is 0 Å². The standard InChI is InChI=1S/C10H8ClN3O/c11-8-7-6(10(4-15)1-2-10)3-12-9(7)14-5-13-8/h3-5H,1-2H2,(H,12,13,14). The van der Waals surface area contributed by atoms with E-state index in [2.05, 4.69) is 15.0 Å². The van der Waals surface area contributed by atoms with E-state index in [1.807, 2.05) is 6.20 Å². The maximum atomic E-state index is 11.0. The van der Waals surface area contributed by atoms with E-state index < -0.39 is 0 Å². The third kappa shape index (κ3) is 1.11. The van der Waals surface area contributed by atoms with Crippen LogP contribution in [0.15, 0.2) is 12.5 Å². The molecule has 3 rings (SSSR count). The molecule has 0 radical (unpaired) electrons. The molecule has 76 valence electrons. The summed E-state index contributed by atoms with van der Waals surface area (Å²) in [6.07, 6.45) is 5.99. The Bertz CT molecular complexity index is 545. The number of hydrogen-bond acceptors (Lipinski definition) is 3. The summed E-state index contributed by atoms with van der Waals surface area (Å²) in [6, 6.07) is 0. The van der Waals surface area contributed by atoms with Crippen LogP contribution in [0.2, 0.25) is 5.15 Å². The molecule has 2 aromatic rings. The van der Waals surface area contributed by atoms with E-state index in [1.54, 1.807) is 0 Å². The van der Waals surface area contributed by atoms with Crippen LogP contribution in [0.5, 0.6) is 0 Å². The van der Waals surface area contributed by atoms with Crippen LogP contribution in [0.25, 0.3) is 11.0 Å². The molecule has 0 aliphatic heterocycles. The molecule has 0 saturated heterocycles. The van der Waals surface area contributed by atoms with Crippen LogP contribution in [-0.4, -0.2) is 21.2 Å². The number of carbonyl (C=O) groups excluding carboxylic acids is 1. The lowest BCUT2D eigenvalue weighted by Gasteiger charge is -2.04. The van der Waals surface area contributed by atoms with Crippen molar-refractivity contribution < 1.29 is 4.79 Å². The van der Waals surface area contributed by atoms with Crippen molar-refractivity contribution >= 4 is 28.9 Å². The van der Waals surface area contributed by atoms with Gasteiger partial charge in [-0.2, -0.15) is 0 Å². The average molecular weight is 222 g/mol. The van der Waals surface area contributed by atoms with Crippen LogP contribution in [0, 0.1) is 0 Å². The number of H-pyrrole nitrogens is 1. The zero-order chi connectivity index (χ0) is 10.5. The molecule has 0 atom stereocenters. The minimum atomic E-state index is -0.341. The topological polar surface area (TPSA) is 58.6 Å². The summed E-state index contributed by atoms with van der Waals surface area (Å²) in [7, 11) is 0. The molecule has 0 aromatic carbocycles. The van der Waals surface area contributed by atoms with Gasteiger partial charge in [0.15, 0.2) is 0 Å². The van der Waals surface area contributed by atoms with E-state index >= 15 is 0 Å². The highest BCUT2D eigenvalue weighted by atomic mass is 35.5. The molecule has 1 fully saturated rings. The predicted molar refractivity (Wildman–Crippen MR) is 55.9 cm³/mol. The number of hydrogen-bond donors (Lipinski definition) is 1. The number of halogens is 1. The molecule has 1 aliphatic carbocycles. The molecular weight excluding hydrogens is 214 g/mol. The Morgan fingerprint density at radius 3 is 2.93 bits per heavy atom. The SMILES string of the molecule is O=CC1(c2c[nH]c3ncnc(Cl)c23)CC1. The molecule has 0 spiro atoms. The van der Waals surface area contributed by atoms with E-state index in [-0.39, 0.29) is 5.41 Å². The minimum Gasteiger partial charge on any atom is -0.346 e. The molecule has 0 bridgehead atoms. The summed E-state index contributed by atoms with van der Waals surface area (Å²) in [6.45, 7) is 0. The van der Waals surface area contributed by atoms with Gasteiger partial charge in [0, 0.05) is 6.20 Å². The minimum absolute atomic E-state index is 0.341. The van der Waals surface area contributed by atoms with Gasteiger partial charge in [-0.1, -0.05) is 11.6 Å². The Hall–Kier alpha value is -1.42. The number of nitrogens with zero attached hydrogens (tertiary/aromatic N) is 2. The summed E-state index contributed by atoms with van der Waals surface area (Å²) in [5.74, 6) is 0. The summed E-state index contributed by atoms with van der Waals surface area (Å²) in [5.41, 5.74) is 1.28. The van der Waals surface area contributed by atoms with Crippen molar-refractivity contribution in [1.82, 2.24) is 15.0 Å². The molecule has 1 N–H and O–H groups in total. The smallest absolute Gasteiger partial charge is 0.142 e. The zero-order valence-electron chi connectivity index (χ0n) is 7.83. The second kappa shape index (κ2) is 2.79. The summed E-state index contributed by atoms with van der Waals surface area (Å²) < 4.78 is 0. The lowest BCUT2D eigenvalue weighted by atomic mass is 9.99. The molecule has 4 nitrogen and oxygen atoms in total. The third-order valence-electron chi connectivity index (χ3n) is 2.97. The summed E-state index contributed by atoms with van der Waals surface area (Å²) >= 11 is 6.01. The van der Waals surface area contributed by atoms with Gasteiger partial charge in [0.25, 0.3) is 0 Å². The second-order valence-corrected chi connectivity index (χ2v) is 4.22. The fourth-order valence-corrected chi connectivity index (χ4v) is 2.14. The van der Waals surface area contributed by atoms with Crippen LogP contribution >= 0.6 is 11.6 Å². The normalized spacial score (nSPS) is 17.9. The zero-order valence-corrected chi connectivity index (χ0v) is 8.58. The van der Waals surface area contributed by atoms with Crippen LogP contribution in [0.1, 0.15) is 18.4 Å². The summed E-state index contributed by atoms with van der Waals surface area (Å²) in [5, 5.41) is 1.19. The third-order valence-corrected chi connectivity index (χ3v) is 3.26. The van der Waals surface area contributed by atoms with Gasteiger partial charge in [-0.3, -0.25) is 0 Å². The molecule has 2 aromatic heterocycles. The maximum absolute atomic E-state index is 11.0. The van der Waals surface area contributed by atoms with Crippen molar-refractivity contribution in [2.75, 3.05) is 0 Å². The predicted octanol–water partition coefficient (Wildman–Crippen LogP) is 1.84. The Balaban J connectivity index is 2.32. The molecule has 15 heavy (non-hydrogen) atoms. The molecular formula is C10H8ClN3O. The Morgan fingerprint density at radius 1 is 1.47 bits per heavy atom. The Kier molecular flexibility index (Phi) is 1.65. The first kappa shape index (κ1) is 8.85. The van der Waals surface area contributed by atoms with Crippen molar-refractivity contribution in [2.24, 2.45) is 0 Å². The van der Waals surface area contributed by atoms with Crippen LogP contribution in [0.4, 0.5) is 0 Å². The molecule has 1 saturated carbocycles. The lowest BCUT2D eigenvalue weighted by Crippen LogP contribution is -2.06. The monoisotopic (exact) mass is 221 g/mol. The second-order valence-electron chi connectivity index (χ2n) is 3.86. The van der Waals surface area contributed by atoms with E-state index in [9.17, 15) is 4.79 Å². The number of fused-ring (bicyclic) bond motifs is 1. The number of rotatable bonds is 2. The van der Waals surface area contributed by atoms with Gasteiger partial charge < -0.3 is 9.78 Å². The van der Waals surface area contributed by atoms with Crippen LogP contribution < -0.4 is 0 Å². The molecule has 0 amide bonds. The van der Waals surface area contributed by atoms with Crippen LogP contribution in [-0.2, 0) is 10.2 Å².